The van der Waals surface area contributed by atoms with Gasteiger partial charge in [-0.05, 0) is 45.4 Å². The number of nitrogens with one attached hydrogen (secondary N) is 3. The predicted octanol–water partition coefficient (Wildman–Crippen LogP) is 2.05. The van der Waals surface area contributed by atoms with Gasteiger partial charge in [0.1, 0.15) is 11.4 Å². The van der Waals surface area contributed by atoms with E-state index < -0.39 is 41.4 Å². The zero-order valence-corrected chi connectivity index (χ0v) is 18.5. The third-order valence-electron chi connectivity index (χ3n) is 4.46. The number of rotatable bonds is 3. The van der Waals surface area contributed by atoms with E-state index >= 15 is 0 Å². The van der Waals surface area contributed by atoms with E-state index in [-0.39, 0.29) is 23.2 Å². The van der Waals surface area contributed by atoms with E-state index in [0.717, 1.165) is 6.07 Å². The summed E-state index contributed by atoms with van der Waals surface area (Å²) in [4.78, 5) is 50.1. The summed E-state index contributed by atoms with van der Waals surface area (Å²) in [6, 6.07) is 2.31. The van der Waals surface area contributed by atoms with Gasteiger partial charge in [-0.15, -0.1) is 0 Å². The first-order chi connectivity index (χ1) is 14.4. The molecule has 0 spiro atoms. The van der Waals surface area contributed by atoms with Gasteiger partial charge < -0.3 is 25.6 Å². The van der Waals surface area contributed by atoms with Gasteiger partial charge in [0.25, 0.3) is 0 Å². The lowest BCUT2D eigenvalue weighted by molar-refractivity contribution is -0.137. The highest BCUT2D eigenvalue weighted by molar-refractivity contribution is 6.39. The average Bonchev–Trinajstić information content (AvgIpc) is 2.64. The van der Waals surface area contributed by atoms with Crippen LogP contribution in [0.2, 0.25) is 5.02 Å². The van der Waals surface area contributed by atoms with Crippen LogP contribution in [0, 0.1) is 5.82 Å². The number of hydrogen-bond acceptors (Lipinski definition) is 5. The zero-order valence-electron chi connectivity index (χ0n) is 17.8. The van der Waals surface area contributed by atoms with Crippen LogP contribution in [0.3, 0.4) is 0 Å². The maximum Gasteiger partial charge on any atom is 0.408 e. The number of alkyl carbamates (subject to hydrolysis) is 1. The molecule has 1 aromatic carbocycles. The van der Waals surface area contributed by atoms with Crippen LogP contribution in [-0.2, 0) is 19.1 Å². The minimum absolute atomic E-state index is 0.0666. The zero-order chi connectivity index (χ0) is 23.3. The van der Waals surface area contributed by atoms with Gasteiger partial charge in [0.05, 0.1) is 17.1 Å². The summed E-state index contributed by atoms with van der Waals surface area (Å²) in [6.45, 7) is 7.01. The minimum atomic E-state index is -1.01. The highest BCUT2D eigenvalue weighted by atomic mass is 35.5. The Bertz CT molecular complexity index is 874. The maximum atomic E-state index is 13.5. The molecule has 9 nitrogen and oxygen atoms in total. The molecule has 170 valence electrons. The topological polar surface area (TPSA) is 117 Å². The second-order valence-corrected chi connectivity index (χ2v) is 8.58. The van der Waals surface area contributed by atoms with Gasteiger partial charge in [-0.2, -0.15) is 0 Å². The molecule has 1 aliphatic rings. The third kappa shape index (κ3) is 7.39. The number of amides is 4. The molecule has 2 rings (SSSR count). The smallest absolute Gasteiger partial charge is 0.408 e. The fourth-order valence-corrected chi connectivity index (χ4v) is 3.13. The van der Waals surface area contributed by atoms with Gasteiger partial charge in [0, 0.05) is 25.7 Å². The molecule has 2 atom stereocenters. The first-order valence-electron chi connectivity index (χ1n) is 9.67. The minimum Gasteiger partial charge on any atom is -0.444 e. The summed E-state index contributed by atoms with van der Waals surface area (Å²) in [6.07, 6.45) is -0.391. The molecule has 0 aliphatic carbocycles. The molecule has 0 radical (unpaired) electrons. The summed E-state index contributed by atoms with van der Waals surface area (Å²) >= 11 is 5.60. The van der Waals surface area contributed by atoms with E-state index in [2.05, 4.69) is 16.0 Å². The Labute approximate surface area is 184 Å². The van der Waals surface area contributed by atoms with Crippen molar-refractivity contribution < 1.29 is 28.3 Å². The molecule has 4 amide bonds. The highest BCUT2D eigenvalue weighted by Gasteiger charge is 2.34. The molecule has 1 aliphatic heterocycles. The Morgan fingerprint density at radius 3 is 2.39 bits per heavy atom. The van der Waals surface area contributed by atoms with E-state index in [1.807, 2.05) is 0 Å². The van der Waals surface area contributed by atoms with Crippen molar-refractivity contribution >= 4 is 41.1 Å². The van der Waals surface area contributed by atoms with Gasteiger partial charge in [-0.1, -0.05) is 11.6 Å². The standard InChI is InChI=1S/C20H26ClFN4O5/c1-11(27)26-8-7-15(16(10-26)25-19(30)31-20(2,3)4)24-18(29)17(28)23-12-5-6-13(21)14(22)9-12/h5-6,9,15-16H,7-8,10H2,1-4H3,(H,23,28)(H,24,29)(H,25,30)/t15-,16+/m0/s1. The molecule has 0 unspecified atom stereocenters. The monoisotopic (exact) mass is 456 g/mol. The summed E-state index contributed by atoms with van der Waals surface area (Å²) in [7, 11) is 0. The summed E-state index contributed by atoms with van der Waals surface area (Å²) in [5, 5.41) is 7.39. The lowest BCUT2D eigenvalue weighted by Crippen LogP contribution is -2.62. The number of ether oxygens (including phenoxy) is 1. The second kappa shape index (κ2) is 9.95. The van der Waals surface area contributed by atoms with Crippen molar-refractivity contribution in [2.24, 2.45) is 0 Å². The van der Waals surface area contributed by atoms with E-state index in [4.69, 9.17) is 16.3 Å². The van der Waals surface area contributed by atoms with E-state index in [1.165, 1.54) is 24.0 Å². The number of benzene rings is 1. The molecule has 0 bridgehead atoms. The van der Waals surface area contributed by atoms with Crippen LogP contribution >= 0.6 is 11.6 Å². The Kier molecular flexibility index (Phi) is 7.83. The Balaban J connectivity index is 2.05. The Morgan fingerprint density at radius 2 is 1.81 bits per heavy atom. The maximum absolute atomic E-state index is 13.5. The van der Waals surface area contributed by atoms with Gasteiger partial charge in [-0.3, -0.25) is 14.4 Å². The molecule has 1 heterocycles. The molecular formula is C20H26ClFN4O5. The van der Waals surface area contributed by atoms with E-state index in [9.17, 15) is 23.6 Å². The first-order valence-corrected chi connectivity index (χ1v) is 10.1. The number of carbonyl (C=O) groups is 4. The number of nitrogens with zero attached hydrogens (tertiary/aromatic N) is 1. The third-order valence-corrected chi connectivity index (χ3v) is 4.77. The van der Waals surface area contributed by atoms with Gasteiger partial charge in [0.2, 0.25) is 5.91 Å². The fraction of sp³-hybridized carbons (Fsp3) is 0.500. The van der Waals surface area contributed by atoms with Crippen molar-refractivity contribution in [3.05, 3.63) is 29.0 Å². The van der Waals surface area contributed by atoms with Crippen molar-refractivity contribution in [1.29, 1.82) is 0 Å². The largest absolute Gasteiger partial charge is 0.444 e. The van der Waals surface area contributed by atoms with Gasteiger partial charge in [0.15, 0.2) is 0 Å². The van der Waals surface area contributed by atoms with Crippen LogP contribution in [0.4, 0.5) is 14.9 Å². The number of likely N-dealkylation sites (tertiary alicyclic amines) is 1. The molecular weight excluding hydrogens is 431 g/mol. The molecule has 0 aromatic heterocycles. The summed E-state index contributed by atoms with van der Waals surface area (Å²) < 4.78 is 18.8. The van der Waals surface area contributed by atoms with Crippen molar-refractivity contribution in [3.8, 4) is 0 Å². The number of halogens is 2. The SMILES string of the molecule is CC(=O)N1CC[C@H](NC(=O)C(=O)Nc2ccc(Cl)c(F)c2)[C@H](NC(=O)OC(C)(C)C)C1. The van der Waals surface area contributed by atoms with Gasteiger partial charge >= 0.3 is 17.9 Å². The van der Waals surface area contributed by atoms with Crippen molar-refractivity contribution in [2.45, 2.75) is 51.8 Å². The first kappa shape index (κ1) is 24.4. The molecule has 1 aromatic rings. The van der Waals surface area contributed by atoms with E-state index in [0.29, 0.717) is 13.0 Å². The number of carbonyl (C=O) groups excluding carboxylic acids is 4. The number of hydrogen-bond donors (Lipinski definition) is 3. The predicted molar refractivity (Wildman–Crippen MR) is 112 cm³/mol. The second-order valence-electron chi connectivity index (χ2n) is 8.17. The highest BCUT2D eigenvalue weighted by Crippen LogP contribution is 2.19. The van der Waals surface area contributed by atoms with Crippen molar-refractivity contribution in [2.75, 3.05) is 18.4 Å². The Hall–Kier alpha value is -2.88. The average molecular weight is 457 g/mol. The lowest BCUT2D eigenvalue weighted by Gasteiger charge is -2.38. The van der Waals surface area contributed by atoms with Crippen LogP contribution in [-0.4, -0.2) is 59.5 Å². The Morgan fingerprint density at radius 1 is 1.13 bits per heavy atom. The van der Waals surface area contributed by atoms with Crippen LogP contribution in [0.25, 0.3) is 0 Å². The van der Waals surface area contributed by atoms with Gasteiger partial charge in [-0.25, -0.2) is 9.18 Å². The summed E-state index contributed by atoms with van der Waals surface area (Å²) in [5.74, 6) is -2.89. The van der Waals surface area contributed by atoms with E-state index in [1.54, 1.807) is 20.8 Å². The normalized spacial score (nSPS) is 18.7. The van der Waals surface area contributed by atoms with Crippen LogP contribution in [0.1, 0.15) is 34.1 Å². The molecule has 31 heavy (non-hydrogen) atoms. The van der Waals surface area contributed by atoms with Crippen LogP contribution in [0.5, 0.6) is 0 Å². The number of anilines is 1. The molecule has 1 fully saturated rings. The number of piperidine rings is 1. The lowest BCUT2D eigenvalue weighted by atomic mass is 9.99. The van der Waals surface area contributed by atoms with Crippen LogP contribution < -0.4 is 16.0 Å². The van der Waals surface area contributed by atoms with Crippen molar-refractivity contribution in [1.82, 2.24) is 15.5 Å². The van der Waals surface area contributed by atoms with Crippen LogP contribution in [0.15, 0.2) is 18.2 Å². The van der Waals surface area contributed by atoms with Crippen molar-refractivity contribution in [3.63, 3.8) is 0 Å². The molecule has 0 saturated carbocycles. The molecule has 11 heteroatoms. The molecule has 3 N–H and O–H groups in total. The summed E-state index contributed by atoms with van der Waals surface area (Å²) in [5.41, 5.74) is -0.664. The quantitative estimate of drug-likeness (QED) is 0.602. The molecule has 1 saturated heterocycles. The fourth-order valence-electron chi connectivity index (χ4n) is 3.01.